The summed E-state index contributed by atoms with van der Waals surface area (Å²) in [5.74, 6) is -0.107. The van der Waals surface area contributed by atoms with Gasteiger partial charge in [-0.25, -0.2) is 8.42 Å². The molecule has 2 aliphatic rings. The maximum Gasteiger partial charge on any atom is 0.246 e. The van der Waals surface area contributed by atoms with Crippen LogP contribution in [0.5, 0.6) is 0 Å². The monoisotopic (exact) mass is 430 g/mol. The number of nitrogens with one attached hydrogen (secondary N) is 1. The van der Waals surface area contributed by atoms with Gasteiger partial charge in [0.1, 0.15) is 4.90 Å². The van der Waals surface area contributed by atoms with Gasteiger partial charge in [-0.05, 0) is 57.1 Å². The summed E-state index contributed by atoms with van der Waals surface area (Å²) in [6.45, 7) is 4.21. The van der Waals surface area contributed by atoms with Gasteiger partial charge in [0, 0.05) is 26.1 Å². The van der Waals surface area contributed by atoms with Gasteiger partial charge in [0.2, 0.25) is 15.9 Å². The van der Waals surface area contributed by atoms with Crippen molar-refractivity contribution in [3.63, 3.8) is 0 Å². The molecule has 0 spiro atoms. The number of aromatic nitrogens is 2. The number of carbonyl (C=O) groups excluding carboxylic acids is 1. The zero-order valence-electron chi connectivity index (χ0n) is 17.9. The zero-order valence-corrected chi connectivity index (χ0v) is 18.7. The van der Waals surface area contributed by atoms with Crippen molar-refractivity contribution in [3.05, 3.63) is 46.8 Å². The molecule has 1 aromatic carbocycles. The summed E-state index contributed by atoms with van der Waals surface area (Å²) >= 11 is 0. The second kappa shape index (κ2) is 8.15. The molecule has 1 N–H and O–H groups in total. The molecule has 8 heteroatoms. The molecule has 30 heavy (non-hydrogen) atoms. The average molecular weight is 431 g/mol. The van der Waals surface area contributed by atoms with Crippen LogP contribution in [0.25, 0.3) is 0 Å². The third-order valence-corrected chi connectivity index (χ3v) is 8.70. The first-order valence-corrected chi connectivity index (χ1v) is 12.1. The molecule has 1 fully saturated rings. The lowest BCUT2D eigenvalue weighted by molar-refractivity contribution is -0.127. The van der Waals surface area contributed by atoms with E-state index in [0.717, 1.165) is 19.3 Å². The second-order valence-corrected chi connectivity index (χ2v) is 10.3. The highest BCUT2D eigenvalue weighted by atomic mass is 32.2. The maximum atomic E-state index is 13.1. The Bertz CT molecular complexity index is 1050. The van der Waals surface area contributed by atoms with Gasteiger partial charge in [-0.2, -0.15) is 9.40 Å². The fourth-order valence-electron chi connectivity index (χ4n) is 4.81. The van der Waals surface area contributed by atoms with Gasteiger partial charge in [0.05, 0.1) is 17.4 Å². The number of aryl methyl sites for hydroxylation is 3. The summed E-state index contributed by atoms with van der Waals surface area (Å²) in [6, 6.07) is 8.37. The Morgan fingerprint density at radius 1 is 1.13 bits per heavy atom. The molecule has 0 bridgehead atoms. The van der Waals surface area contributed by atoms with E-state index in [-0.39, 0.29) is 17.9 Å². The number of sulfonamides is 1. The van der Waals surface area contributed by atoms with Crippen molar-refractivity contribution in [2.45, 2.75) is 56.9 Å². The Morgan fingerprint density at radius 3 is 2.50 bits per heavy atom. The minimum absolute atomic E-state index is 0.0440. The van der Waals surface area contributed by atoms with Gasteiger partial charge in [-0.1, -0.05) is 24.3 Å². The van der Waals surface area contributed by atoms with Crippen LogP contribution in [0.3, 0.4) is 0 Å². The molecule has 0 unspecified atom stereocenters. The van der Waals surface area contributed by atoms with Crippen LogP contribution in [-0.2, 0) is 28.3 Å². The predicted molar refractivity (Wildman–Crippen MR) is 114 cm³/mol. The molecule has 1 aromatic heterocycles. The Hall–Kier alpha value is -2.19. The van der Waals surface area contributed by atoms with Gasteiger partial charge < -0.3 is 5.32 Å². The Balaban J connectivity index is 1.41. The minimum Gasteiger partial charge on any atom is -0.349 e. The van der Waals surface area contributed by atoms with Crippen molar-refractivity contribution in [2.75, 3.05) is 13.1 Å². The first-order chi connectivity index (χ1) is 14.3. The summed E-state index contributed by atoms with van der Waals surface area (Å²) in [6.07, 6.45) is 4.17. The van der Waals surface area contributed by atoms with Crippen molar-refractivity contribution in [3.8, 4) is 0 Å². The number of nitrogens with zero attached hydrogens (tertiary/aromatic N) is 3. The molecular weight excluding hydrogens is 400 g/mol. The van der Waals surface area contributed by atoms with Crippen LogP contribution in [0.2, 0.25) is 0 Å². The number of amides is 1. The number of fused-ring (bicyclic) bond motifs is 1. The molecule has 7 nitrogen and oxygen atoms in total. The van der Waals surface area contributed by atoms with Crippen molar-refractivity contribution < 1.29 is 13.2 Å². The summed E-state index contributed by atoms with van der Waals surface area (Å²) in [7, 11) is -1.85. The third kappa shape index (κ3) is 3.78. The van der Waals surface area contributed by atoms with E-state index in [0.29, 0.717) is 42.2 Å². The van der Waals surface area contributed by atoms with E-state index in [9.17, 15) is 13.2 Å². The molecule has 1 aliphatic carbocycles. The molecule has 1 atom stereocenters. The van der Waals surface area contributed by atoms with Crippen LogP contribution in [0.15, 0.2) is 29.2 Å². The van der Waals surface area contributed by atoms with Crippen LogP contribution in [0, 0.1) is 19.8 Å². The number of hydrogen-bond donors (Lipinski definition) is 1. The second-order valence-electron chi connectivity index (χ2n) is 8.45. The average Bonchev–Trinajstić information content (AvgIpc) is 3.00. The summed E-state index contributed by atoms with van der Waals surface area (Å²) in [4.78, 5) is 13.2. The largest absolute Gasteiger partial charge is 0.349 e. The van der Waals surface area contributed by atoms with Crippen molar-refractivity contribution in [2.24, 2.45) is 13.0 Å². The van der Waals surface area contributed by atoms with Crippen LogP contribution in [0.4, 0.5) is 0 Å². The third-order valence-electron chi connectivity index (χ3n) is 6.55. The maximum absolute atomic E-state index is 13.1. The van der Waals surface area contributed by atoms with E-state index >= 15 is 0 Å². The Labute approximate surface area is 178 Å². The number of piperidine rings is 1. The van der Waals surface area contributed by atoms with Crippen LogP contribution >= 0.6 is 0 Å². The smallest absolute Gasteiger partial charge is 0.246 e. The molecule has 162 valence electrons. The van der Waals surface area contributed by atoms with E-state index in [1.165, 1.54) is 15.4 Å². The first-order valence-electron chi connectivity index (χ1n) is 10.7. The molecule has 1 aliphatic heterocycles. The van der Waals surface area contributed by atoms with Crippen LogP contribution < -0.4 is 5.32 Å². The van der Waals surface area contributed by atoms with Crippen LogP contribution in [0.1, 0.15) is 54.2 Å². The normalized spacial score (nSPS) is 20.7. The number of rotatable bonds is 4. The molecule has 0 saturated carbocycles. The molecule has 2 aromatic rings. The lowest BCUT2D eigenvalue weighted by atomic mass is 9.87. The van der Waals surface area contributed by atoms with Gasteiger partial charge in [-0.15, -0.1) is 0 Å². The summed E-state index contributed by atoms with van der Waals surface area (Å²) < 4.78 is 29.4. The van der Waals surface area contributed by atoms with E-state index in [1.807, 2.05) is 12.1 Å². The number of benzene rings is 1. The zero-order chi connectivity index (χ0) is 21.5. The lowest BCUT2D eigenvalue weighted by Crippen LogP contribution is -2.44. The van der Waals surface area contributed by atoms with Gasteiger partial charge in [0.25, 0.3) is 0 Å². The highest BCUT2D eigenvalue weighted by molar-refractivity contribution is 7.89. The highest BCUT2D eigenvalue weighted by Gasteiger charge is 2.35. The quantitative estimate of drug-likeness (QED) is 0.808. The van der Waals surface area contributed by atoms with E-state index in [2.05, 4.69) is 22.5 Å². The lowest BCUT2D eigenvalue weighted by Gasteiger charge is -2.32. The standard InChI is InChI=1S/C22H30N4O3S/c1-15-21(16(2)25(3)24-15)30(28,29)26-13-11-18(12-14-26)22(27)23-20-10-6-8-17-7-4-5-9-19(17)20/h4-5,7,9,18,20H,6,8,10-14H2,1-3H3,(H,23,27)/t20-/m1/s1. The number of hydrogen-bond acceptors (Lipinski definition) is 4. The number of carbonyl (C=O) groups is 1. The van der Waals surface area contributed by atoms with Gasteiger partial charge >= 0.3 is 0 Å². The topological polar surface area (TPSA) is 84.3 Å². The first kappa shape index (κ1) is 21.1. The predicted octanol–water partition coefficient (Wildman–Crippen LogP) is 2.63. The van der Waals surface area contributed by atoms with Crippen molar-refractivity contribution in [1.82, 2.24) is 19.4 Å². The summed E-state index contributed by atoms with van der Waals surface area (Å²) in [5.41, 5.74) is 3.70. The molecule has 2 heterocycles. The van der Waals surface area contributed by atoms with E-state index < -0.39 is 10.0 Å². The SMILES string of the molecule is Cc1nn(C)c(C)c1S(=O)(=O)N1CCC(C(=O)N[C@@H]2CCCc3ccccc32)CC1. The van der Waals surface area contributed by atoms with Gasteiger partial charge in [0.15, 0.2) is 0 Å². The minimum atomic E-state index is -3.60. The summed E-state index contributed by atoms with van der Waals surface area (Å²) in [5, 5.41) is 7.48. The van der Waals surface area contributed by atoms with Crippen LogP contribution in [-0.4, -0.2) is 41.5 Å². The molecule has 1 saturated heterocycles. The molecule has 0 radical (unpaired) electrons. The van der Waals surface area contributed by atoms with E-state index in [1.54, 1.807) is 25.6 Å². The fourth-order valence-corrected chi connectivity index (χ4v) is 6.68. The van der Waals surface area contributed by atoms with Crippen molar-refractivity contribution >= 4 is 15.9 Å². The molecule has 1 amide bonds. The van der Waals surface area contributed by atoms with E-state index in [4.69, 9.17) is 0 Å². The molecular formula is C22H30N4O3S. The fraction of sp³-hybridized carbons (Fsp3) is 0.545. The Kier molecular flexibility index (Phi) is 5.72. The van der Waals surface area contributed by atoms with Crippen molar-refractivity contribution in [1.29, 1.82) is 0 Å². The highest BCUT2D eigenvalue weighted by Crippen LogP contribution is 2.31. The molecule has 4 rings (SSSR count). The Morgan fingerprint density at radius 2 is 1.83 bits per heavy atom. The van der Waals surface area contributed by atoms with Gasteiger partial charge in [-0.3, -0.25) is 9.48 Å².